The highest BCUT2D eigenvalue weighted by molar-refractivity contribution is 5.88. The van der Waals surface area contributed by atoms with E-state index in [1.165, 1.54) is 0 Å². The Morgan fingerprint density at radius 3 is 2.54 bits per heavy atom. The summed E-state index contributed by atoms with van der Waals surface area (Å²) >= 11 is 0. The van der Waals surface area contributed by atoms with E-state index in [0.717, 1.165) is 16.8 Å². The van der Waals surface area contributed by atoms with Crippen LogP contribution in [-0.4, -0.2) is 28.8 Å². The number of nitrogens with zero attached hydrogens (tertiary/aromatic N) is 1. The number of hydrogen-bond acceptors (Lipinski definition) is 3. The Hall–Kier alpha value is -2.40. The smallest absolute Gasteiger partial charge is 0.320 e. The van der Waals surface area contributed by atoms with Crippen LogP contribution in [0.1, 0.15) is 36.1 Å². The normalized spacial score (nSPS) is 13.2. The maximum atomic E-state index is 12.1. The molecule has 1 aromatic carbocycles. The zero-order valence-corrected chi connectivity index (χ0v) is 14.4. The van der Waals surface area contributed by atoms with Crippen molar-refractivity contribution in [3.8, 4) is 0 Å². The van der Waals surface area contributed by atoms with E-state index in [1.54, 1.807) is 6.92 Å². The van der Waals surface area contributed by atoms with E-state index < -0.39 is 6.10 Å². The van der Waals surface area contributed by atoms with Gasteiger partial charge in [-0.25, -0.2) is 9.78 Å². The molecule has 1 aromatic heterocycles. The number of carbonyl (C=O) groups is 1. The van der Waals surface area contributed by atoms with Crippen LogP contribution in [0, 0.1) is 13.8 Å². The van der Waals surface area contributed by atoms with Crippen LogP contribution in [-0.2, 0) is 0 Å². The van der Waals surface area contributed by atoms with Gasteiger partial charge in [0, 0.05) is 18.2 Å². The number of aryl methyl sites for hydroxylation is 2. The van der Waals surface area contributed by atoms with Crippen molar-refractivity contribution in [3.63, 3.8) is 0 Å². The van der Waals surface area contributed by atoms with Crippen molar-refractivity contribution < 1.29 is 9.90 Å². The molecule has 2 aromatic rings. The third-order valence-electron chi connectivity index (χ3n) is 3.74. The Labute approximate surface area is 143 Å². The molecule has 0 bridgehead atoms. The van der Waals surface area contributed by atoms with Gasteiger partial charge in [0.2, 0.25) is 0 Å². The van der Waals surface area contributed by atoms with Crippen LogP contribution in [0.15, 0.2) is 42.5 Å². The molecule has 24 heavy (non-hydrogen) atoms. The van der Waals surface area contributed by atoms with Gasteiger partial charge in [-0.2, -0.15) is 0 Å². The van der Waals surface area contributed by atoms with Gasteiger partial charge in [-0.3, -0.25) is 5.32 Å². The van der Waals surface area contributed by atoms with Gasteiger partial charge >= 0.3 is 6.03 Å². The van der Waals surface area contributed by atoms with Gasteiger partial charge < -0.3 is 10.4 Å². The molecule has 0 aliphatic rings. The molecule has 0 saturated heterocycles. The number of carbonyl (C=O) groups excluding carboxylic acids is 1. The average molecular weight is 327 g/mol. The number of nitrogens with one attached hydrogen (secondary N) is 2. The third kappa shape index (κ3) is 5.66. The van der Waals surface area contributed by atoms with E-state index in [2.05, 4.69) is 15.6 Å². The SMILES string of the molecule is Cc1cc(C)nc(NC(=O)NC[C@@H](C[C@H](C)O)c2ccccc2)c1. The lowest BCUT2D eigenvalue weighted by Gasteiger charge is -2.20. The number of pyridine rings is 1. The molecule has 2 rings (SSSR count). The number of aliphatic hydroxyl groups is 1. The number of benzene rings is 1. The summed E-state index contributed by atoms with van der Waals surface area (Å²) in [6, 6.07) is 13.4. The molecule has 2 atom stereocenters. The van der Waals surface area contributed by atoms with Crippen LogP contribution in [0.4, 0.5) is 10.6 Å². The maximum Gasteiger partial charge on any atom is 0.320 e. The van der Waals surface area contributed by atoms with Crippen LogP contribution in [0.3, 0.4) is 0 Å². The molecule has 0 saturated carbocycles. The first-order valence-electron chi connectivity index (χ1n) is 8.17. The van der Waals surface area contributed by atoms with E-state index in [9.17, 15) is 9.90 Å². The molecule has 0 spiro atoms. The van der Waals surface area contributed by atoms with E-state index in [4.69, 9.17) is 0 Å². The van der Waals surface area contributed by atoms with Crippen molar-refractivity contribution >= 4 is 11.8 Å². The van der Waals surface area contributed by atoms with Crippen LogP contribution >= 0.6 is 0 Å². The first-order valence-corrected chi connectivity index (χ1v) is 8.17. The minimum atomic E-state index is -0.429. The summed E-state index contributed by atoms with van der Waals surface area (Å²) in [4.78, 5) is 16.4. The second-order valence-corrected chi connectivity index (χ2v) is 6.20. The summed E-state index contributed by atoms with van der Waals surface area (Å²) < 4.78 is 0. The predicted molar refractivity (Wildman–Crippen MR) is 96.2 cm³/mol. The van der Waals surface area contributed by atoms with E-state index in [0.29, 0.717) is 18.8 Å². The zero-order valence-electron chi connectivity index (χ0n) is 14.4. The van der Waals surface area contributed by atoms with Gasteiger partial charge in [0.1, 0.15) is 5.82 Å². The van der Waals surface area contributed by atoms with Crippen molar-refractivity contribution in [2.75, 3.05) is 11.9 Å². The highest BCUT2D eigenvalue weighted by Crippen LogP contribution is 2.20. The van der Waals surface area contributed by atoms with Crippen LogP contribution in [0.25, 0.3) is 0 Å². The molecule has 5 nitrogen and oxygen atoms in total. The van der Waals surface area contributed by atoms with Gasteiger partial charge in [-0.15, -0.1) is 0 Å². The second kappa shape index (κ2) is 8.45. The van der Waals surface area contributed by atoms with Crippen molar-refractivity contribution in [1.29, 1.82) is 0 Å². The van der Waals surface area contributed by atoms with Gasteiger partial charge in [0.15, 0.2) is 0 Å². The fourth-order valence-electron chi connectivity index (χ4n) is 2.76. The molecule has 128 valence electrons. The molecule has 5 heteroatoms. The number of anilines is 1. The number of aliphatic hydroxyl groups excluding tert-OH is 1. The zero-order chi connectivity index (χ0) is 17.5. The number of urea groups is 1. The van der Waals surface area contributed by atoms with Crippen LogP contribution in [0.5, 0.6) is 0 Å². The highest BCUT2D eigenvalue weighted by atomic mass is 16.3. The molecule has 0 radical (unpaired) electrons. The number of rotatable bonds is 6. The molecule has 0 unspecified atom stereocenters. The van der Waals surface area contributed by atoms with E-state index in [1.807, 2.05) is 56.3 Å². The Kier molecular flexibility index (Phi) is 6.32. The van der Waals surface area contributed by atoms with Crippen molar-refractivity contribution in [2.24, 2.45) is 0 Å². The Balaban J connectivity index is 1.96. The molecule has 3 N–H and O–H groups in total. The lowest BCUT2D eigenvalue weighted by atomic mass is 9.93. The highest BCUT2D eigenvalue weighted by Gasteiger charge is 2.15. The van der Waals surface area contributed by atoms with Crippen molar-refractivity contribution in [3.05, 3.63) is 59.3 Å². The topological polar surface area (TPSA) is 74.2 Å². The summed E-state index contributed by atoms with van der Waals surface area (Å²) in [5, 5.41) is 15.3. The summed E-state index contributed by atoms with van der Waals surface area (Å²) in [5.74, 6) is 0.598. The standard InChI is InChI=1S/C19H25N3O2/c1-13-9-14(2)21-18(10-13)22-19(24)20-12-17(11-15(3)23)16-7-5-4-6-8-16/h4-10,15,17,23H,11-12H2,1-3H3,(H2,20,21,22,24)/t15-,17+/m0/s1. The van der Waals surface area contributed by atoms with Crippen molar-refractivity contribution in [2.45, 2.75) is 39.2 Å². The molecular weight excluding hydrogens is 302 g/mol. The lowest BCUT2D eigenvalue weighted by Crippen LogP contribution is -2.33. The minimum absolute atomic E-state index is 0.0594. The van der Waals surface area contributed by atoms with E-state index in [-0.39, 0.29) is 11.9 Å². The largest absolute Gasteiger partial charge is 0.393 e. The fraction of sp³-hybridized carbons (Fsp3) is 0.368. The van der Waals surface area contributed by atoms with Gasteiger partial charge in [-0.1, -0.05) is 30.3 Å². The molecule has 2 amide bonds. The Morgan fingerprint density at radius 2 is 1.92 bits per heavy atom. The third-order valence-corrected chi connectivity index (χ3v) is 3.74. The van der Waals surface area contributed by atoms with Gasteiger partial charge in [-0.05, 0) is 50.5 Å². The lowest BCUT2D eigenvalue weighted by molar-refractivity contribution is 0.173. The van der Waals surface area contributed by atoms with Crippen LogP contribution < -0.4 is 10.6 Å². The molecule has 1 heterocycles. The molecule has 0 aliphatic heterocycles. The average Bonchev–Trinajstić information content (AvgIpc) is 2.51. The maximum absolute atomic E-state index is 12.1. The number of amides is 2. The summed E-state index contributed by atoms with van der Waals surface area (Å²) in [6.45, 7) is 6.07. The number of hydrogen-bond donors (Lipinski definition) is 3. The van der Waals surface area contributed by atoms with Crippen LogP contribution in [0.2, 0.25) is 0 Å². The Morgan fingerprint density at radius 1 is 1.21 bits per heavy atom. The first kappa shape index (κ1) is 17.9. The molecule has 0 fully saturated rings. The monoisotopic (exact) mass is 327 g/mol. The van der Waals surface area contributed by atoms with Gasteiger partial charge in [0.25, 0.3) is 0 Å². The first-order chi connectivity index (χ1) is 11.4. The molecule has 0 aliphatic carbocycles. The van der Waals surface area contributed by atoms with Gasteiger partial charge in [0.05, 0.1) is 6.10 Å². The summed E-state index contributed by atoms with van der Waals surface area (Å²) in [5.41, 5.74) is 3.01. The predicted octanol–water partition coefficient (Wildman–Crippen LogP) is 3.37. The van der Waals surface area contributed by atoms with E-state index >= 15 is 0 Å². The minimum Gasteiger partial charge on any atom is -0.393 e. The quantitative estimate of drug-likeness (QED) is 0.761. The molecular formula is C19H25N3O2. The summed E-state index contributed by atoms with van der Waals surface area (Å²) in [6.07, 6.45) is 0.160. The number of aromatic nitrogens is 1. The fourth-order valence-corrected chi connectivity index (χ4v) is 2.76. The summed E-state index contributed by atoms with van der Waals surface area (Å²) in [7, 11) is 0. The second-order valence-electron chi connectivity index (χ2n) is 6.20. The Bertz CT molecular complexity index is 651. The van der Waals surface area contributed by atoms with Crippen molar-refractivity contribution in [1.82, 2.24) is 10.3 Å².